The second kappa shape index (κ2) is 10.2. The molecule has 3 N–H and O–H groups in total. The Labute approximate surface area is 179 Å². The predicted octanol–water partition coefficient (Wildman–Crippen LogP) is 4.41. The number of amides is 2. The Morgan fingerprint density at radius 3 is 2.48 bits per heavy atom. The van der Waals surface area contributed by atoms with E-state index in [4.69, 9.17) is 5.11 Å². The lowest BCUT2D eigenvalue weighted by Gasteiger charge is -2.06. The molecule has 0 aliphatic heterocycles. The quantitative estimate of drug-likeness (QED) is 0.420. The minimum absolute atomic E-state index is 0.0725. The normalized spacial score (nSPS) is 10.5. The first-order valence-corrected chi connectivity index (χ1v) is 11.3. The average Bonchev–Trinajstić information content (AvgIpc) is 3.37. The van der Waals surface area contributed by atoms with Gasteiger partial charge in [0.05, 0.1) is 22.7 Å². The van der Waals surface area contributed by atoms with Crippen molar-refractivity contribution in [2.45, 2.75) is 17.7 Å². The number of nitrogens with zero attached hydrogens (tertiary/aromatic N) is 1. The molecule has 2 heterocycles. The van der Waals surface area contributed by atoms with Gasteiger partial charge in [-0.25, -0.2) is 4.98 Å². The maximum Gasteiger partial charge on any atom is 0.303 e. The van der Waals surface area contributed by atoms with E-state index >= 15 is 0 Å². The molecular weight excluding hydrogens is 430 g/mol. The SMILES string of the molecule is O=C(O)CCC(=O)Nc1ccc(SCC(=O)Nc2nc(-c3cccs3)cs2)cc1. The molecule has 0 saturated heterocycles. The van der Waals surface area contributed by atoms with Crippen LogP contribution >= 0.6 is 34.4 Å². The zero-order valence-electron chi connectivity index (χ0n) is 15.1. The third-order valence-corrected chi connectivity index (χ3v) is 6.26. The van der Waals surface area contributed by atoms with Crippen molar-refractivity contribution in [2.24, 2.45) is 0 Å². The van der Waals surface area contributed by atoms with Crippen LogP contribution in [0.2, 0.25) is 0 Å². The van der Waals surface area contributed by atoms with E-state index in [-0.39, 0.29) is 30.4 Å². The van der Waals surface area contributed by atoms with Crippen molar-refractivity contribution in [2.75, 3.05) is 16.4 Å². The van der Waals surface area contributed by atoms with Crippen molar-refractivity contribution >= 4 is 63.0 Å². The van der Waals surface area contributed by atoms with Crippen molar-refractivity contribution in [3.05, 3.63) is 47.2 Å². The van der Waals surface area contributed by atoms with Crippen LogP contribution in [0.15, 0.2) is 52.1 Å². The minimum Gasteiger partial charge on any atom is -0.481 e. The number of aliphatic carboxylic acids is 1. The Morgan fingerprint density at radius 1 is 1.00 bits per heavy atom. The number of carbonyl (C=O) groups is 3. The number of carbonyl (C=O) groups excluding carboxylic acids is 2. The highest BCUT2D eigenvalue weighted by atomic mass is 32.2. The van der Waals surface area contributed by atoms with E-state index in [1.807, 2.05) is 22.9 Å². The number of rotatable bonds is 9. The summed E-state index contributed by atoms with van der Waals surface area (Å²) >= 11 is 4.36. The van der Waals surface area contributed by atoms with E-state index in [1.54, 1.807) is 35.6 Å². The highest BCUT2D eigenvalue weighted by Gasteiger charge is 2.10. The summed E-state index contributed by atoms with van der Waals surface area (Å²) in [6.45, 7) is 0. The van der Waals surface area contributed by atoms with Crippen molar-refractivity contribution < 1.29 is 19.5 Å². The van der Waals surface area contributed by atoms with Gasteiger partial charge >= 0.3 is 5.97 Å². The molecule has 150 valence electrons. The number of nitrogens with one attached hydrogen (secondary N) is 2. The highest BCUT2D eigenvalue weighted by Crippen LogP contribution is 2.28. The van der Waals surface area contributed by atoms with Gasteiger partial charge in [-0.1, -0.05) is 6.07 Å². The molecule has 2 amide bonds. The van der Waals surface area contributed by atoms with Crippen molar-refractivity contribution in [3.8, 4) is 10.6 Å². The van der Waals surface area contributed by atoms with Gasteiger partial charge in [-0.05, 0) is 35.7 Å². The van der Waals surface area contributed by atoms with E-state index in [0.29, 0.717) is 10.8 Å². The highest BCUT2D eigenvalue weighted by molar-refractivity contribution is 8.00. The van der Waals surface area contributed by atoms with Crippen molar-refractivity contribution in [3.63, 3.8) is 0 Å². The largest absolute Gasteiger partial charge is 0.481 e. The third kappa shape index (κ3) is 6.70. The molecule has 0 saturated carbocycles. The van der Waals surface area contributed by atoms with Gasteiger partial charge < -0.3 is 15.7 Å². The summed E-state index contributed by atoms with van der Waals surface area (Å²) in [5.74, 6) is -1.27. The second-order valence-corrected chi connectivity index (χ2v) is 8.67. The summed E-state index contributed by atoms with van der Waals surface area (Å²) in [6.07, 6.45) is -0.278. The summed E-state index contributed by atoms with van der Waals surface area (Å²) in [4.78, 5) is 40.6. The Hall–Kier alpha value is -2.69. The summed E-state index contributed by atoms with van der Waals surface area (Å²) in [7, 11) is 0. The molecule has 2 aromatic heterocycles. The maximum absolute atomic E-state index is 12.2. The van der Waals surface area contributed by atoms with Gasteiger partial charge in [0.15, 0.2) is 5.13 Å². The number of aromatic nitrogens is 1. The van der Waals surface area contributed by atoms with Crippen LogP contribution in [0.1, 0.15) is 12.8 Å². The number of hydrogen-bond donors (Lipinski definition) is 3. The van der Waals surface area contributed by atoms with Crippen LogP contribution in [-0.4, -0.2) is 33.6 Å². The number of hydrogen-bond acceptors (Lipinski definition) is 7. The van der Waals surface area contributed by atoms with Gasteiger partial charge in [0.2, 0.25) is 11.8 Å². The third-order valence-electron chi connectivity index (χ3n) is 3.60. The van der Waals surface area contributed by atoms with Crippen molar-refractivity contribution in [1.82, 2.24) is 4.98 Å². The Balaban J connectivity index is 1.44. The minimum atomic E-state index is -1.01. The first-order valence-electron chi connectivity index (χ1n) is 8.53. The molecule has 0 aliphatic carbocycles. The van der Waals surface area contributed by atoms with E-state index in [2.05, 4.69) is 15.6 Å². The lowest BCUT2D eigenvalue weighted by molar-refractivity contribution is -0.138. The summed E-state index contributed by atoms with van der Waals surface area (Å²) in [5.41, 5.74) is 1.44. The molecule has 29 heavy (non-hydrogen) atoms. The lowest BCUT2D eigenvalue weighted by atomic mass is 10.2. The molecule has 0 unspecified atom stereocenters. The topological polar surface area (TPSA) is 108 Å². The fourth-order valence-electron chi connectivity index (χ4n) is 2.25. The van der Waals surface area contributed by atoms with Gasteiger partial charge in [-0.2, -0.15) is 0 Å². The number of carboxylic acids is 1. The monoisotopic (exact) mass is 447 g/mol. The fraction of sp³-hybridized carbons (Fsp3) is 0.158. The van der Waals surface area contributed by atoms with Crippen LogP contribution < -0.4 is 10.6 Å². The second-order valence-electron chi connectivity index (χ2n) is 5.82. The predicted molar refractivity (Wildman–Crippen MR) is 117 cm³/mol. The van der Waals surface area contributed by atoms with Crippen LogP contribution in [0.4, 0.5) is 10.8 Å². The molecule has 3 rings (SSSR count). The number of thioether (sulfide) groups is 1. The van der Waals surface area contributed by atoms with Crippen LogP contribution in [0.25, 0.3) is 10.6 Å². The zero-order chi connectivity index (χ0) is 20.6. The molecular formula is C19H17N3O4S3. The van der Waals surface area contributed by atoms with E-state index in [0.717, 1.165) is 15.5 Å². The number of benzene rings is 1. The van der Waals surface area contributed by atoms with E-state index < -0.39 is 5.97 Å². The van der Waals surface area contributed by atoms with E-state index in [9.17, 15) is 14.4 Å². The van der Waals surface area contributed by atoms with Gasteiger partial charge in [-0.3, -0.25) is 14.4 Å². The number of thiophene rings is 1. The summed E-state index contributed by atoms with van der Waals surface area (Å²) < 4.78 is 0. The van der Waals surface area contributed by atoms with Gasteiger partial charge in [0.25, 0.3) is 0 Å². The molecule has 0 bridgehead atoms. The zero-order valence-corrected chi connectivity index (χ0v) is 17.5. The molecule has 3 aromatic rings. The molecule has 0 atom stereocenters. The number of carboxylic acid groups (broad SMARTS) is 1. The van der Waals surface area contributed by atoms with E-state index in [1.165, 1.54) is 23.1 Å². The van der Waals surface area contributed by atoms with Gasteiger partial charge in [0, 0.05) is 22.4 Å². The van der Waals surface area contributed by atoms with Crippen LogP contribution in [0.3, 0.4) is 0 Å². The van der Waals surface area contributed by atoms with Crippen LogP contribution in [-0.2, 0) is 14.4 Å². The number of thiazole rings is 1. The van der Waals surface area contributed by atoms with Crippen molar-refractivity contribution in [1.29, 1.82) is 0 Å². The summed E-state index contributed by atoms with van der Waals surface area (Å²) in [6, 6.07) is 11.0. The van der Waals surface area contributed by atoms with Crippen LogP contribution in [0.5, 0.6) is 0 Å². The first kappa shape index (κ1) is 21.0. The Morgan fingerprint density at radius 2 is 1.79 bits per heavy atom. The number of anilines is 2. The molecule has 0 aliphatic rings. The van der Waals surface area contributed by atoms with Gasteiger partial charge in [0.1, 0.15) is 0 Å². The molecule has 7 nitrogen and oxygen atoms in total. The Bertz CT molecular complexity index is 985. The van der Waals surface area contributed by atoms with Crippen LogP contribution in [0, 0.1) is 0 Å². The molecule has 1 aromatic carbocycles. The molecule has 10 heteroatoms. The van der Waals surface area contributed by atoms with Gasteiger partial charge in [-0.15, -0.1) is 34.4 Å². The lowest BCUT2D eigenvalue weighted by Crippen LogP contribution is -2.14. The smallest absolute Gasteiger partial charge is 0.303 e. The molecule has 0 spiro atoms. The summed E-state index contributed by atoms with van der Waals surface area (Å²) in [5, 5.41) is 18.5. The standard InChI is InChI=1S/C19H17N3O4S3/c23-16(7-8-18(25)26)20-12-3-5-13(6-4-12)28-11-17(24)22-19-21-14(10-29-19)15-2-1-9-27-15/h1-6,9-10H,7-8,11H2,(H,20,23)(H,25,26)(H,21,22,24). The first-order chi connectivity index (χ1) is 14.0. The molecule has 0 radical (unpaired) electrons. The fourth-order valence-corrected chi connectivity index (χ4v) is 4.44. The average molecular weight is 448 g/mol. The maximum atomic E-state index is 12.2. The Kier molecular flexibility index (Phi) is 7.39. The molecule has 0 fully saturated rings.